The number of carbonyl (C=O) groups is 1. The van der Waals surface area contributed by atoms with Crippen LogP contribution in [0, 0.1) is 18.3 Å². The topological polar surface area (TPSA) is 105 Å². The maximum atomic E-state index is 13.3. The molecule has 4 heterocycles. The van der Waals surface area contributed by atoms with Crippen LogP contribution in [0.3, 0.4) is 0 Å². The molecule has 2 aliphatic heterocycles. The summed E-state index contributed by atoms with van der Waals surface area (Å²) in [6.45, 7) is 7.86. The average molecular weight is 406 g/mol. The summed E-state index contributed by atoms with van der Waals surface area (Å²) in [5.74, 6) is 1.01. The molecule has 2 atom stereocenters. The molecular formula is C18H27N7O2S. The Morgan fingerprint density at radius 1 is 1.36 bits per heavy atom. The molecule has 152 valence electrons. The second-order valence-electron chi connectivity index (χ2n) is 8.20. The van der Waals surface area contributed by atoms with Crippen LogP contribution in [0.15, 0.2) is 4.52 Å². The number of rotatable bonds is 5. The molecule has 10 heteroatoms. The number of aryl methyl sites for hydroxylation is 2. The van der Waals surface area contributed by atoms with Gasteiger partial charge in [0.25, 0.3) is 5.91 Å². The first-order chi connectivity index (χ1) is 13.3. The van der Waals surface area contributed by atoms with Crippen LogP contribution in [0.25, 0.3) is 0 Å². The molecule has 2 aliphatic rings. The number of amides is 1. The third-order valence-electron chi connectivity index (χ3n) is 5.86. The Morgan fingerprint density at radius 3 is 2.79 bits per heavy atom. The lowest BCUT2D eigenvalue weighted by molar-refractivity contribution is 0.0763. The molecule has 4 rings (SSSR count). The number of carbonyl (C=O) groups excluding carboxylic acids is 1. The molecular weight excluding hydrogens is 378 g/mol. The van der Waals surface area contributed by atoms with Crippen molar-refractivity contribution in [2.45, 2.75) is 20.3 Å². The zero-order chi connectivity index (χ0) is 20.1. The van der Waals surface area contributed by atoms with Gasteiger partial charge in [-0.3, -0.25) is 4.79 Å². The minimum Gasteiger partial charge on any atom is -0.374 e. The van der Waals surface area contributed by atoms with Crippen molar-refractivity contribution in [3.63, 3.8) is 0 Å². The molecule has 2 aromatic heterocycles. The first kappa shape index (κ1) is 19.1. The van der Waals surface area contributed by atoms with Gasteiger partial charge in [0.1, 0.15) is 11.3 Å². The number of anilines is 2. The Labute approximate surface area is 168 Å². The van der Waals surface area contributed by atoms with Gasteiger partial charge < -0.3 is 25.0 Å². The van der Waals surface area contributed by atoms with E-state index in [0.29, 0.717) is 35.3 Å². The van der Waals surface area contributed by atoms with Gasteiger partial charge in [-0.25, -0.2) is 0 Å². The Morgan fingerprint density at radius 2 is 2.14 bits per heavy atom. The van der Waals surface area contributed by atoms with E-state index in [0.717, 1.165) is 37.0 Å². The number of nitrogens with zero attached hydrogens (tertiary/aromatic N) is 6. The van der Waals surface area contributed by atoms with Crippen LogP contribution in [-0.2, 0) is 6.42 Å². The fraction of sp³-hybridized carbons (Fsp3) is 0.667. The molecule has 0 bridgehead atoms. The highest BCUT2D eigenvalue weighted by Gasteiger charge is 2.54. The fourth-order valence-electron chi connectivity index (χ4n) is 4.78. The normalized spacial score (nSPS) is 24.4. The van der Waals surface area contributed by atoms with E-state index >= 15 is 0 Å². The van der Waals surface area contributed by atoms with Gasteiger partial charge in [-0.1, -0.05) is 23.4 Å². The molecule has 0 radical (unpaired) electrons. The standard InChI is InChI=1S/C18H27N7O2S/c1-5-13-14(11(2)27-22-13)15(26)24-6-12-7-25(17-21-20-16(19)28-17)10-18(12,9-24)8-23(3)4/h12H,5-10H2,1-4H3,(H2,19,20)/t12-,18+/m1/s1. The first-order valence-electron chi connectivity index (χ1n) is 9.56. The summed E-state index contributed by atoms with van der Waals surface area (Å²) in [6.07, 6.45) is 0.685. The minimum absolute atomic E-state index is 0.00294. The molecule has 0 saturated carbocycles. The van der Waals surface area contributed by atoms with Crippen LogP contribution in [0.4, 0.5) is 10.3 Å². The van der Waals surface area contributed by atoms with Crippen LogP contribution in [0.5, 0.6) is 0 Å². The molecule has 1 amide bonds. The Bertz CT molecular complexity index is 879. The molecule has 2 fully saturated rings. The number of aromatic nitrogens is 3. The van der Waals surface area contributed by atoms with Gasteiger partial charge in [-0.2, -0.15) is 0 Å². The van der Waals surface area contributed by atoms with Crippen LogP contribution in [-0.4, -0.2) is 77.9 Å². The summed E-state index contributed by atoms with van der Waals surface area (Å²) in [5, 5.41) is 13.6. The highest BCUT2D eigenvalue weighted by atomic mass is 32.1. The van der Waals surface area contributed by atoms with Gasteiger partial charge in [-0.15, -0.1) is 10.2 Å². The lowest BCUT2D eigenvalue weighted by Crippen LogP contribution is -2.43. The van der Waals surface area contributed by atoms with Crippen molar-refractivity contribution in [2.24, 2.45) is 11.3 Å². The van der Waals surface area contributed by atoms with Crippen molar-refractivity contribution in [3.8, 4) is 0 Å². The van der Waals surface area contributed by atoms with E-state index in [2.05, 4.69) is 39.2 Å². The summed E-state index contributed by atoms with van der Waals surface area (Å²) in [5.41, 5.74) is 7.15. The Kier molecular flexibility index (Phi) is 4.78. The fourth-order valence-corrected chi connectivity index (χ4v) is 5.40. The van der Waals surface area contributed by atoms with Crippen LogP contribution >= 0.6 is 11.3 Å². The molecule has 2 saturated heterocycles. The number of fused-ring (bicyclic) bond motifs is 1. The molecule has 2 N–H and O–H groups in total. The van der Waals surface area contributed by atoms with Crippen molar-refractivity contribution >= 4 is 27.5 Å². The number of nitrogen functional groups attached to an aromatic ring is 1. The zero-order valence-electron chi connectivity index (χ0n) is 16.8. The molecule has 0 aliphatic carbocycles. The van der Waals surface area contributed by atoms with Gasteiger partial charge in [-0.05, 0) is 27.4 Å². The van der Waals surface area contributed by atoms with E-state index in [4.69, 9.17) is 10.3 Å². The largest absolute Gasteiger partial charge is 0.374 e. The van der Waals surface area contributed by atoms with E-state index in [-0.39, 0.29) is 11.3 Å². The highest BCUT2D eigenvalue weighted by molar-refractivity contribution is 7.18. The predicted molar refractivity (Wildman–Crippen MR) is 108 cm³/mol. The Balaban J connectivity index is 1.58. The molecule has 2 aromatic rings. The first-order valence-corrected chi connectivity index (χ1v) is 10.4. The van der Waals surface area contributed by atoms with Crippen LogP contribution in [0.1, 0.15) is 28.7 Å². The second-order valence-corrected chi connectivity index (χ2v) is 9.19. The SMILES string of the molecule is CCc1noc(C)c1C(=O)N1C[C@@H]2CN(c3nnc(N)s3)C[C@]2(CN(C)C)C1. The van der Waals surface area contributed by atoms with Crippen molar-refractivity contribution in [1.82, 2.24) is 25.2 Å². The molecule has 28 heavy (non-hydrogen) atoms. The quantitative estimate of drug-likeness (QED) is 0.789. The van der Waals surface area contributed by atoms with Crippen molar-refractivity contribution < 1.29 is 9.32 Å². The predicted octanol–water partition coefficient (Wildman–Crippen LogP) is 1.12. The lowest BCUT2D eigenvalue weighted by atomic mass is 9.80. The summed E-state index contributed by atoms with van der Waals surface area (Å²) >= 11 is 1.42. The molecule has 0 spiro atoms. The zero-order valence-corrected chi connectivity index (χ0v) is 17.6. The number of hydrogen-bond donors (Lipinski definition) is 1. The van der Waals surface area contributed by atoms with Crippen molar-refractivity contribution in [1.29, 1.82) is 0 Å². The van der Waals surface area contributed by atoms with E-state index in [1.807, 2.05) is 18.7 Å². The number of hydrogen-bond acceptors (Lipinski definition) is 9. The van der Waals surface area contributed by atoms with Gasteiger partial charge in [0.2, 0.25) is 10.3 Å². The van der Waals surface area contributed by atoms with E-state index in [9.17, 15) is 4.79 Å². The average Bonchev–Trinajstić information content (AvgIpc) is 3.35. The third-order valence-corrected chi connectivity index (χ3v) is 6.67. The lowest BCUT2D eigenvalue weighted by Gasteiger charge is -2.32. The highest BCUT2D eigenvalue weighted by Crippen LogP contribution is 2.45. The van der Waals surface area contributed by atoms with Gasteiger partial charge in [0.15, 0.2) is 0 Å². The van der Waals surface area contributed by atoms with Crippen molar-refractivity contribution in [2.75, 3.05) is 57.5 Å². The third kappa shape index (κ3) is 3.14. The summed E-state index contributed by atoms with van der Waals surface area (Å²) in [6, 6.07) is 0. The van der Waals surface area contributed by atoms with E-state index in [1.54, 1.807) is 0 Å². The smallest absolute Gasteiger partial charge is 0.259 e. The van der Waals surface area contributed by atoms with E-state index in [1.165, 1.54) is 11.3 Å². The van der Waals surface area contributed by atoms with E-state index < -0.39 is 0 Å². The minimum atomic E-state index is -0.00294. The maximum Gasteiger partial charge on any atom is 0.259 e. The van der Waals surface area contributed by atoms with Gasteiger partial charge in [0.05, 0.1) is 5.69 Å². The molecule has 0 aromatic carbocycles. The second kappa shape index (κ2) is 7.00. The molecule has 0 unspecified atom stereocenters. The Hall–Kier alpha value is -2.20. The van der Waals surface area contributed by atoms with Gasteiger partial charge in [0, 0.05) is 44.1 Å². The monoisotopic (exact) mass is 405 g/mol. The van der Waals surface area contributed by atoms with Gasteiger partial charge >= 0.3 is 0 Å². The summed E-state index contributed by atoms with van der Waals surface area (Å²) in [4.78, 5) is 19.7. The number of likely N-dealkylation sites (tertiary alicyclic amines) is 1. The van der Waals surface area contributed by atoms with Crippen molar-refractivity contribution in [3.05, 3.63) is 17.0 Å². The summed E-state index contributed by atoms with van der Waals surface area (Å²) in [7, 11) is 4.17. The molecule has 9 nitrogen and oxygen atoms in total. The maximum absolute atomic E-state index is 13.3. The van der Waals surface area contributed by atoms with Crippen LogP contribution in [0.2, 0.25) is 0 Å². The number of nitrogens with two attached hydrogens (primary N) is 1. The van der Waals surface area contributed by atoms with Crippen LogP contribution < -0.4 is 10.6 Å². The summed E-state index contributed by atoms with van der Waals surface area (Å²) < 4.78 is 5.29.